The van der Waals surface area contributed by atoms with E-state index >= 15 is 0 Å². The number of nitrogens with zero attached hydrogens (tertiary/aromatic N) is 2. The zero-order chi connectivity index (χ0) is 17.9. The van der Waals surface area contributed by atoms with Gasteiger partial charge < -0.3 is 10.1 Å². The van der Waals surface area contributed by atoms with Crippen molar-refractivity contribution in [2.24, 2.45) is 0 Å². The molecule has 1 amide bonds. The monoisotopic (exact) mass is 341 g/mol. The predicted octanol–water partition coefficient (Wildman–Crippen LogP) is 2.47. The van der Waals surface area contributed by atoms with Crippen molar-refractivity contribution in [2.45, 2.75) is 19.1 Å². The Morgan fingerprint density at radius 2 is 2.04 bits per heavy atom. The van der Waals surface area contributed by atoms with Crippen LogP contribution in [0.15, 0.2) is 41.3 Å². The molecular formula is C15H14F3N3O3. The number of hydrogen-bond acceptors (Lipinski definition) is 4. The largest absolute Gasteiger partial charge is 0.495 e. The average Bonchev–Trinajstić information content (AvgIpc) is 2.53. The summed E-state index contributed by atoms with van der Waals surface area (Å²) in [7, 11) is 1.27. The fraction of sp³-hybridized carbons (Fsp3) is 0.267. The van der Waals surface area contributed by atoms with E-state index in [0.717, 1.165) is 22.9 Å². The molecule has 0 bridgehead atoms. The van der Waals surface area contributed by atoms with E-state index in [1.165, 1.54) is 32.4 Å². The molecule has 1 N–H and O–H groups in total. The maximum absolute atomic E-state index is 12.8. The SMILES string of the molecule is COc1ccc(C(F)(F)F)cc1NC(=O)C(C)n1ncccc1=O. The van der Waals surface area contributed by atoms with E-state index in [0.29, 0.717) is 0 Å². The van der Waals surface area contributed by atoms with Crippen molar-refractivity contribution in [1.29, 1.82) is 0 Å². The number of ether oxygens (including phenoxy) is 1. The molecule has 1 unspecified atom stereocenters. The molecule has 0 fully saturated rings. The van der Waals surface area contributed by atoms with Crippen LogP contribution in [0.5, 0.6) is 5.75 Å². The third-order valence-electron chi connectivity index (χ3n) is 3.27. The van der Waals surface area contributed by atoms with Gasteiger partial charge in [-0.2, -0.15) is 18.3 Å². The number of methoxy groups -OCH3 is 1. The van der Waals surface area contributed by atoms with Crippen molar-refractivity contribution in [2.75, 3.05) is 12.4 Å². The van der Waals surface area contributed by atoms with Gasteiger partial charge in [0, 0.05) is 12.3 Å². The van der Waals surface area contributed by atoms with Crippen molar-refractivity contribution in [1.82, 2.24) is 9.78 Å². The van der Waals surface area contributed by atoms with E-state index in [9.17, 15) is 22.8 Å². The molecule has 1 atom stereocenters. The summed E-state index contributed by atoms with van der Waals surface area (Å²) in [5.74, 6) is -0.634. The Hall–Kier alpha value is -2.84. The van der Waals surface area contributed by atoms with Crippen molar-refractivity contribution in [3.8, 4) is 5.75 Å². The first-order valence-electron chi connectivity index (χ1n) is 6.84. The summed E-state index contributed by atoms with van der Waals surface area (Å²) in [6, 6.07) is 4.35. The summed E-state index contributed by atoms with van der Waals surface area (Å²) >= 11 is 0. The van der Waals surface area contributed by atoms with Gasteiger partial charge in [0.25, 0.3) is 5.56 Å². The molecule has 0 saturated carbocycles. The lowest BCUT2D eigenvalue weighted by Crippen LogP contribution is -2.32. The van der Waals surface area contributed by atoms with Crippen molar-refractivity contribution < 1.29 is 22.7 Å². The quantitative estimate of drug-likeness (QED) is 0.927. The van der Waals surface area contributed by atoms with Crippen LogP contribution in [0.4, 0.5) is 18.9 Å². The first-order chi connectivity index (χ1) is 11.2. The Morgan fingerprint density at radius 3 is 2.62 bits per heavy atom. The van der Waals surface area contributed by atoms with Crippen LogP contribution >= 0.6 is 0 Å². The topological polar surface area (TPSA) is 73.2 Å². The van der Waals surface area contributed by atoms with Crippen LogP contribution < -0.4 is 15.6 Å². The Kier molecular flexibility index (Phi) is 4.91. The highest BCUT2D eigenvalue weighted by molar-refractivity contribution is 5.94. The van der Waals surface area contributed by atoms with Gasteiger partial charge in [0.2, 0.25) is 5.91 Å². The van der Waals surface area contributed by atoms with Gasteiger partial charge in [0.1, 0.15) is 11.8 Å². The molecule has 0 aliphatic heterocycles. The molecule has 0 aliphatic rings. The molecule has 0 spiro atoms. The second kappa shape index (κ2) is 6.73. The first-order valence-corrected chi connectivity index (χ1v) is 6.84. The molecule has 24 heavy (non-hydrogen) atoms. The van der Waals surface area contributed by atoms with Crippen LogP contribution in [-0.4, -0.2) is 22.8 Å². The van der Waals surface area contributed by atoms with Crippen molar-refractivity contribution in [3.05, 3.63) is 52.4 Å². The smallest absolute Gasteiger partial charge is 0.416 e. The minimum atomic E-state index is -4.56. The fourth-order valence-corrected chi connectivity index (χ4v) is 1.99. The van der Waals surface area contributed by atoms with Crippen LogP contribution in [0, 0.1) is 0 Å². The van der Waals surface area contributed by atoms with Crippen LogP contribution in [0.25, 0.3) is 0 Å². The highest BCUT2D eigenvalue weighted by Gasteiger charge is 2.31. The number of carbonyl (C=O) groups excluding carboxylic acids is 1. The van der Waals surface area contributed by atoms with Crippen molar-refractivity contribution in [3.63, 3.8) is 0 Å². The molecule has 1 aromatic carbocycles. The van der Waals surface area contributed by atoms with E-state index in [1.54, 1.807) is 0 Å². The lowest BCUT2D eigenvalue weighted by Gasteiger charge is -2.16. The van der Waals surface area contributed by atoms with E-state index in [1.807, 2.05) is 0 Å². The minimum Gasteiger partial charge on any atom is -0.495 e. The summed E-state index contributed by atoms with van der Waals surface area (Å²) in [6.45, 7) is 1.41. The number of amides is 1. The zero-order valence-corrected chi connectivity index (χ0v) is 12.8. The van der Waals surface area contributed by atoms with Gasteiger partial charge >= 0.3 is 6.18 Å². The molecule has 6 nitrogen and oxygen atoms in total. The number of carbonyl (C=O) groups is 1. The van der Waals surface area contributed by atoms with Gasteiger partial charge in [-0.15, -0.1) is 0 Å². The van der Waals surface area contributed by atoms with Gasteiger partial charge in [-0.25, -0.2) is 4.68 Å². The molecule has 1 aromatic heterocycles. The lowest BCUT2D eigenvalue weighted by atomic mass is 10.1. The Bertz CT molecular complexity index is 802. The van der Waals surface area contributed by atoms with Gasteiger partial charge in [-0.3, -0.25) is 9.59 Å². The predicted molar refractivity (Wildman–Crippen MR) is 79.8 cm³/mol. The number of benzene rings is 1. The average molecular weight is 341 g/mol. The Labute approximate surface area is 134 Å². The van der Waals surface area contributed by atoms with E-state index in [-0.39, 0.29) is 11.4 Å². The Balaban J connectivity index is 2.31. The summed E-state index contributed by atoms with van der Waals surface area (Å²) in [6.07, 6.45) is -3.23. The number of alkyl halides is 3. The number of halogens is 3. The summed E-state index contributed by atoms with van der Waals surface area (Å²) in [4.78, 5) is 23.9. The highest BCUT2D eigenvalue weighted by atomic mass is 19.4. The van der Waals surface area contributed by atoms with Crippen LogP contribution in [0.1, 0.15) is 18.5 Å². The normalized spacial score (nSPS) is 12.5. The first kappa shape index (κ1) is 17.5. The summed E-state index contributed by atoms with van der Waals surface area (Å²) < 4.78 is 44.3. The number of nitrogens with one attached hydrogen (secondary N) is 1. The highest BCUT2D eigenvalue weighted by Crippen LogP contribution is 2.35. The molecule has 0 saturated heterocycles. The van der Waals surface area contributed by atoms with Crippen LogP contribution in [0.3, 0.4) is 0 Å². The van der Waals surface area contributed by atoms with Gasteiger partial charge in [-0.05, 0) is 31.2 Å². The standard InChI is InChI=1S/C15H14F3N3O3/c1-9(21-13(22)4-3-7-19-21)14(23)20-11-8-10(15(16,17)18)5-6-12(11)24-2/h3-9H,1-2H3,(H,20,23). The number of anilines is 1. The maximum Gasteiger partial charge on any atom is 0.416 e. The number of hydrogen-bond donors (Lipinski definition) is 1. The number of aromatic nitrogens is 2. The zero-order valence-electron chi connectivity index (χ0n) is 12.8. The summed E-state index contributed by atoms with van der Waals surface area (Å²) in [5, 5.41) is 6.11. The second-order valence-electron chi connectivity index (χ2n) is 4.88. The molecule has 2 aromatic rings. The van der Waals surface area contributed by atoms with Gasteiger partial charge in [0.05, 0.1) is 18.4 Å². The van der Waals surface area contributed by atoms with Crippen molar-refractivity contribution >= 4 is 11.6 Å². The molecule has 0 aliphatic carbocycles. The molecule has 2 rings (SSSR count). The second-order valence-corrected chi connectivity index (χ2v) is 4.88. The Morgan fingerprint density at radius 1 is 1.33 bits per heavy atom. The van der Waals surface area contributed by atoms with Crippen LogP contribution in [0.2, 0.25) is 0 Å². The van der Waals surface area contributed by atoms with E-state index in [4.69, 9.17) is 4.74 Å². The molecular weight excluding hydrogens is 327 g/mol. The van der Waals surface area contributed by atoms with E-state index < -0.39 is 29.2 Å². The molecule has 0 radical (unpaired) electrons. The number of rotatable bonds is 4. The minimum absolute atomic E-state index is 0.0666. The summed E-state index contributed by atoms with van der Waals surface area (Å²) in [5.41, 5.74) is -1.58. The molecule has 9 heteroatoms. The van der Waals surface area contributed by atoms with Gasteiger partial charge in [0.15, 0.2) is 0 Å². The van der Waals surface area contributed by atoms with Gasteiger partial charge in [-0.1, -0.05) is 0 Å². The third kappa shape index (κ3) is 3.73. The fourth-order valence-electron chi connectivity index (χ4n) is 1.99. The third-order valence-corrected chi connectivity index (χ3v) is 3.27. The van der Waals surface area contributed by atoms with E-state index in [2.05, 4.69) is 10.4 Å². The lowest BCUT2D eigenvalue weighted by molar-refractivity contribution is -0.137. The molecule has 1 heterocycles. The van der Waals surface area contributed by atoms with Crippen LogP contribution in [-0.2, 0) is 11.0 Å². The maximum atomic E-state index is 12.8. The molecule has 128 valence electrons.